The van der Waals surface area contributed by atoms with Crippen LogP contribution in [0.4, 0.5) is 10.5 Å². The number of fused-ring (bicyclic) bond motifs is 1. The molecule has 0 unspecified atom stereocenters. The summed E-state index contributed by atoms with van der Waals surface area (Å²) in [6.45, 7) is 0. The number of carbonyl (C=O) groups is 3. The zero-order chi connectivity index (χ0) is 22.7. The summed E-state index contributed by atoms with van der Waals surface area (Å²) < 4.78 is 16.0. The highest BCUT2D eigenvalue weighted by molar-refractivity contribution is 6.02. The average Bonchev–Trinajstić information content (AvgIpc) is 3.65. The number of aromatic nitrogens is 1. The van der Waals surface area contributed by atoms with Crippen LogP contribution in [0.25, 0.3) is 10.9 Å². The fourth-order valence-electron chi connectivity index (χ4n) is 3.09. The fraction of sp³-hybridized carbons (Fsp3) is 0.217. The number of hydrogen-bond donors (Lipinski definition) is 2. The van der Waals surface area contributed by atoms with Gasteiger partial charge in [0.15, 0.2) is 0 Å². The predicted molar refractivity (Wildman–Crippen MR) is 116 cm³/mol. The van der Waals surface area contributed by atoms with Crippen LogP contribution in [0.15, 0.2) is 48.7 Å². The smallest absolute Gasteiger partial charge is 0.419 e. The maximum absolute atomic E-state index is 12.2. The largest absolute Gasteiger partial charge is 0.496 e. The Balaban J connectivity index is 1.52. The molecule has 164 valence electrons. The molecule has 0 radical (unpaired) electrons. The quantitative estimate of drug-likeness (QED) is 0.446. The van der Waals surface area contributed by atoms with Crippen molar-refractivity contribution in [1.82, 2.24) is 10.3 Å². The van der Waals surface area contributed by atoms with Crippen molar-refractivity contribution in [3.05, 3.63) is 54.2 Å². The summed E-state index contributed by atoms with van der Waals surface area (Å²) in [5.74, 6) is 0.459. The molecule has 1 aromatic heterocycles. The molecule has 3 aromatic rings. The van der Waals surface area contributed by atoms with E-state index in [1.807, 2.05) is 0 Å². The van der Waals surface area contributed by atoms with Crippen molar-refractivity contribution < 1.29 is 28.6 Å². The summed E-state index contributed by atoms with van der Waals surface area (Å²) in [5.41, 5.74) is 1.42. The Morgan fingerprint density at radius 1 is 1.03 bits per heavy atom. The first-order valence-electron chi connectivity index (χ1n) is 9.98. The SMILES string of the molecule is CNC(=O)c1cc2c(Oc3ccc(NC(=O)OC(=O)C4CC4)cc3)ccnc2cc1OC. The van der Waals surface area contributed by atoms with E-state index in [-0.39, 0.29) is 11.8 Å². The van der Waals surface area contributed by atoms with Gasteiger partial charge in [-0.15, -0.1) is 0 Å². The van der Waals surface area contributed by atoms with Crippen LogP contribution in [0.2, 0.25) is 0 Å². The molecule has 32 heavy (non-hydrogen) atoms. The van der Waals surface area contributed by atoms with Crippen LogP contribution in [0.3, 0.4) is 0 Å². The Morgan fingerprint density at radius 3 is 2.44 bits per heavy atom. The first-order valence-corrected chi connectivity index (χ1v) is 9.98. The molecule has 1 aliphatic rings. The zero-order valence-corrected chi connectivity index (χ0v) is 17.5. The zero-order valence-electron chi connectivity index (χ0n) is 17.5. The van der Waals surface area contributed by atoms with Gasteiger partial charge in [-0.05, 0) is 49.2 Å². The first-order chi connectivity index (χ1) is 15.5. The van der Waals surface area contributed by atoms with Crippen LogP contribution >= 0.6 is 0 Å². The number of esters is 1. The molecule has 0 aliphatic heterocycles. The van der Waals surface area contributed by atoms with Crippen molar-refractivity contribution in [2.24, 2.45) is 5.92 Å². The standard InChI is InChI=1S/C23H21N3O6/c1-24-21(27)17-11-16-18(12-20(17)30-2)25-10-9-19(16)31-15-7-5-14(6-8-15)26-23(29)32-22(28)13-3-4-13/h5-13H,3-4H2,1-2H3,(H,24,27)(H,26,29). The minimum Gasteiger partial charge on any atom is -0.496 e. The van der Waals surface area contributed by atoms with Crippen molar-refractivity contribution in [3.63, 3.8) is 0 Å². The summed E-state index contributed by atoms with van der Waals surface area (Å²) in [7, 11) is 3.03. The number of methoxy groups -OCH3 is 1. The van der Waals surface area contributed by atoms with E-state index in [1.54, 1.807) is 55.7 Å². The minimum atomic E-state index is -0.814. The topological polar surface area (TPSA) is 116 Å². The Morgan fingerprint density at radius 2 is 1.78 bits per heavy atom. The normalized spacial score (nSPS) is 12.7. The van der Waals surface area contributed by atoms with Crippen molar-refractivity contribution in [1.29, 1.82) is 0 Å². The molecule has 0 bridgehead atoms. The number of nitrogens with zero attached hydrogens (tertiary/aromatic N) is 1. The molecule has 0 atom stereocenters. The molecular weight excluding hydrogens is 414 g/mol. The number of hydrogen-bond acceptors (Lipinski definition) is 7. The maximum atomic E-state index is 12.2. The van der Waals surface area contributed by atoms with Crippen molar-refractivity contribution >= 4 is 34.6 Å². The average molecular weight is 435 g/mol. The van der Waals surface area contributed by atoms with E-state index < -0.39 is 12.1 Å². The first kappa shape index (κ1) is 21.1. The lowest BCUT2D eigenvalue weighted by molar-refractivity contribution is -0.138. The molecule has 9 nitrogen and oxygen atoms in total. The number of ether oxygens (including phenoxy) is 3. The molecule has 1 fully saturated rings. The Bertz CT molecular complexity index is 1190. The fourth-order valence-corrected chi connectivity index (χ4v) is 3.09. The molecule has 0 saturated heterocycles. The molecule has 2 N–H and O–H groups in total. The monoisotopic (exact) mass is 435 g/mol. The van der Waals surface area contributed by atoms with Crippen molar-refractivity contribution in [2.75, 3.05) is 19.5 Å². The lowest BCUT2D eigenvalue weighted by Gasteiger charge is -2.13. The van der Waals surface area contributed by atoms with E-state index in [0.717, 1.165) is 12.8 Å². The van der Waals surface area contributed by atoms with Gasteiger partial charge in [0.05, 0.1) is 24.1 Å². The third-order valence-electron chi connectivity index (χ3n) is 4.93. The van der Waals surface area contributed by atoms with Crippen molar-refractivity contribution in [3.8, 4) is 17.2 Å². The van der Waals surface area contributed by atoms with E-state index >= 15 is 0 Å². The van der Waals surface area contributed by atoms with Gasteiger partial charge < -0.3 is 19.5 Å². The Kier molecular flexibility index (Phi) is 5.89. The number of pyridine rings is 1. The molecule has 0 spiro atoms. The van der Waals surface area contributed by atoms with E-state index in [2.05, 4.69) is 15.6 Å². The van der Waals surface area contributed by atoms with Crippen LogP contribution in [-0.4, -0.2) is 37.1 Å². The summed E-state index contributed by atoms with van der Waals surface area (Å²) in [6, 6.07) is 11.6. The molecule has 2 aromatic carbocycles. The number of amides is 2. The van der Waals surface area contributed by atoms with Crippen LogP contribution < -0.4 is 20.1 Å². The molecular formula is C23H21N3O6. The summed E-state index contributed by atoms with van der Waals surface area (Å²) in [6.07, 6.45) is 2.31. The molecule has 1 saturated carbocycles. The lowest BCUT2D eigenvalue weighted by atomic mass is 10.1. The molecule has 4 rings (SSSR count). The second kappa shape index (κ2) is 8.93. The van der Waals surface area contributed by atoms with Crippen LogP contribution in [-0.2, 0) is 9.53 Å². The second-order valence-corrected chi connectivity index (χ2v) is 7.19. The van der Waals surface area contributed by atoms with Gasteiger partial charge in [-0.2, -0.15) is 0 Å². The summed E-state index contributed by atoms with van der Waals surface area (Å²) in [4.78, 5) is 39.9. The highest BCUT2D eigenvalue weighted by Gasteiger charge is 2.32. The Hall–Kier alpha value is -4.14. The van der Waals surface area contributed by atoms with Gasteiger partial charge in [0.1, 0.15) is 17.2 Å². The molecule has 2 amide bonds. The summed E-state index contributed by atoms with van der Waals surface area (Å²) in [5, 5.41) is 5.73. The minimum absolute atomic E-state index is 0.157. The van der Waals surface area contributed by atoms with E-state index in [9.17, 15) is 14.4 Å². The van der Waals surface area contributed by atoms with Crippen LogP contribution in [0, 0.1) is 5.92 Å². The number of anilines is 1. The van der Waals surface area contributed by atoms with Gasteiger partial charge in [0, 0.05) is 30.4 Å². The lowest BCUT2D eigenvalue weighted by Crippen LogP contribution is -2.19. The highest BCUT2D eigenvalue weighted by Crippen LogP contribution is 2.34. The predicted octanol–water partition coefficient (Wildman–Crippen LogP) is 3.88. The van der Waals surface area contributed by atoms with Crippen LogP contribution in [0.5, 0.6) is 17.2 Å². The molecule has 1 aliphatic carbocycles. The highest BCUT2D eigenvalue weighted by atomic mass is 16.6. The van der Waals surface area contributed by atoms with E-state index in [1.165, 1.54) is 7.11 Å². The second-order valence-electron chi connectivity index (χ2n) is 7.19. The van der Waals surface area contributed by atoms with Gasteiger partial charge in [-0.25, -0.2) is 4.79 Å². The van der Waals surface area contributed by atoms with Gasteiger partial charge in [0.2, 0.25) is 0 Å². The van der Waals surface area contributed by atoms with Gasteiger partial charge in [0.25, 0.3) is 5.91 Å². The number of rotatable bonds is 6. The van der Waals surface area contributed by atoms with E-state index in [4.69, 9.17) is 14.2 Å². The molecule has 1 heterocycles. The van der Waals surface area contributed by atoms with Gasteiger partial charge in [-0.3, -0.25) is 19.9 Å². The molecule has 9 heteroatoms. The third-order valence-corrected chi connectivity index (χ3v) is 4.93. The van der Waals surface area contributed by atoms with E-state index in [0.29, 0.717) is 39.4 Å². The van der Waals surface area contributed by atoms with Gasteiger partial charge >= 0.3 is 12.1 Å². The van der Waals surface area contributed by atoms with Gasteiger partial charge in [-0.1, -0.05) is 0 Å². The third kappa shape index (κ3) is 4.61. The summed E-state index contributed by atoms with van der Waals surface area (Å²) >= 11 is 0. The number of carbonyl (C=O) groups excluding carboxylic acids is 3. The van der Waals surface area contributed by atoms with Crippen molar-refractivity contribution in [2.45, 2.75) is 12.8 Å². The van der Waals surface area contributed by atoms with Crippen LogP contribution in [0.1, 0.15) is 23.2 Å². The number of nitrogens with one attached hydrogen (secondary N) is 2. The maximum Gasteiger partial charge on any atom is 0.419 e. The number of benzene rings is 2. The Labute approximate surface area is 183 Å².